The van der Waals surface area contributed by atoms with E-state index in [-0.39, 0.29) is 12.3 Å². The van der Waals surface area contributed by atoms with Crippen LogP contribution >= 0.6 is 0 Å². The second-order valence-corrected chi connectivity index (χ2v) is 3.82. The molecule has 1 N–H and O–H groups in total. The Morgan fingerprint density at radius 1 is 1.14 bits per heavy atom. The Hall–Kier alpha value is -1.39. The zero-order chi connectivity index (χ0) is 10.2. The summed E-state index contributed by atoms with van der Waals surface area (Å²) in [5.74, 6) is -0.980. The quantitative estimate of drug-likeness (QED) is 0.429. The van der Waals surface area contributed by atoms with E-state index in [9.17, 15) is 14.4 Å². The number of hydrogen-bond donors (Lipinski definition) is 1. The summed E-state index contributed by atoms with van der Waals surface area (Å²) in [6, 6.07) is 0. The maximum atomic E-state index is 11.5. The molecular formula is C9H11NO4. The molecule has 1 amide bonds. The van der Waals surface area contributed by atoms with Crippen LogP contribution in [0.25, 0.3) is 0 Å². The lowest BCUT2D eigenvalue weighted by molar-refractivity contribution is -0.175. The van der Waals surface area contributed by atoms with Gasteiger partial charge in [-0.25, -0.2) is 0 Å². The molecule has 0 saturated carbocycles. The van der Waals surface area contributed by atoms with Gasteiger partial charge >= 0.3 is 11.9 Å². The summed E-state index contributed by atoms with van der Waals surface area (Å²) < 4.78 is 4.59. The highest BCUT2D eigenvalue weighted by Crippen LogP contribution is 2.36. The summed E-state index contributed by atoms with van der Waals surface area (Å²) in [7, 11) is 0. The molecule has 2 aliphatic heterocycles. The zero-order valence-electron chi connectivity index (χ0n) is 7.67. The van der Waals surface area contributed by atoms with Crippen molar-refractivity contribution in [1.82, 2.24) is 5.32 Å². The first kappa shape index (κ1) is 9.18. The van der Waals surface area contributed by atoms with E-state index in [1.165, 1.54) is 0 Å². The SMILES string of the molecule is O=C1CC[C@@]2(CCC(=O)OC2=O)CN1. The molecule has 1 spiro atoms. The van der Waals surface area contributed by atoms with Gasteiger partial charge in [-0.05, 0) is 12.8 Å². The van der Waals surface area contributed by atoms with Gasteiger partial charge in [0.15, 0.2) is 0 Å². The lowest BCUT2D eigenvalue weighted by atomic mass is 9.75. The summed E-state index contributed by atoms with van der Waals surface area (Å²) in [6.07, 6.45) is 1.58. The van der Waals surface area contributed by atoms with Crippen LogP contribution in [0.4, 0.5) is 0 Å². The summed E-state index contributed by atoms with van der Waals surface area (Å²) in [6.45, 7) is 0.304. The number of ether oxygens (including phenoxy) is 1. The van der Waals surface area contributed by atoms with Gasteiger partial charge in [0.25, 0.3) is 0 Å². The minimum absolute atomic E-state index is 0.0414. The molecule has 2 aliphatic rings. The molecule has 0 aromatic heterocycles. The largest absolute Gasteiger partial charge is 0.393 e. The lowest BCUT2D eigenvalue weighted by Gasteiger charge is -2.36. The second kappa shape index (κ2) is 3.08. The number of carbonyl (C=O) groups is 3. The fourth-order valence-electron chi connectivity index (χ4n) is 1.89. The summed E-state index contributed by atoms with van der Waals surface area (Å²) in [5.41, 5.74) is -0.637. The first-order valence-corrected chi connectivity index (χ1v) is 4.64. The third-order valence-electron chi connectivity index (χ3n) is 2.90. The minimum atomic E-state index is -0.637. The van der Waals surface area contributed by atoms with Gasteiger partial charge < -0.3 is 10.1 Å². The van der Waals surface area contributed by atoms with E-state index in [0.717, 1.165) is 0 Å². The Morgan fingerprint density at radius 2 is 1.86 bits per heavy atom. The van der Waals surface area contributed by atoms with Gasteiger partial charge in [-0.2, -0.15) is 0 Å². The molecule has 0 aromatic carbocycles. The number of nitrogens with one attached hydrogen (secondary N) is 1. The molecule has 2 heterocycles. The predicted molar refractivity (Wildman–Crippen MR) is 45.0 cm³/mol. The summed E-state index contributed by atoms with van der Waals surface area (Å²) in [5, 5.41) is 2.64. The topological polar surface area (TPSA) is 72.5 Å². The lowest BCUT2D eigenvalue weighted by Crippen LogP contribution is -2.51. The average Bonchev–Trinajstić information content (AvgIpc) is 2.16. The number of rotatable bonds is 0. The Kier molecular flexibility index (Phi) is 2.02. The van der Waals surface area contributed by atoms with E-state index < -0.39 is 17.4 Å². The van der Waals surface area contributed by atoms with Crippen LogP contribution in [0.15, 0.2) is 0 Å². The van der Waals surface area contributed by atoms with Crippen molar-refractivity contribution in [2.45, 2.75) is 25.7 Å². The molecule has 0 bridgehead atoms. The number of hydrogen-bond acceptors (Lipinski definition) is 4. The van der Waals surface area contributed by atoms with Crippen LogP contribution in [0, 0.1) is 5.41 Å². The van der Waals surface area contributed by atoms with Gasteiger partial charge in [0.05, 0.1) is 5.41 Å². The van der Waals surface area contributed by atoms with Crippen molar-refractivity contribution >= 4 is 17.8 Å². The number of piperidine rings is 1. The molecule has 2 fully saturated rings. The van der Waals surface area contributed by atoms with E-state index in [4.69, 9.17) is 0 Å². The Balaban J connectivity index is 2.12. The molecule has 2 rings (SSSR count). The number of esters is 2. The van der Waals surface area contributed by atoms with Crippen molar-refractivity contribution in [3.63, 3.8) is 0 Å². The van der Waals surface area contributed by atoms with Crippen LogP contribution in [0.1, 0.15) is 25.7 Å². The summed E-state index contributed by atoms with van der Waals surface area (Å²) >= 11 is 0. The van der Waals surface area contributed by atoms with Gasteiger partial charge in [0.1, 0.15) is 0 Å². The van der Waals surface area contributed by atoms with E-state index in [1.807, 2.05) is 0 Å². The van der Waals surface area contributed by atoms with Gasteiger partial charge in [-0.1, -0.05) is 0 Å². The molecule has 1 atom stereocenters. The van der Waals surface area contributed by atoms with Crippen molar-refractivity contribution in [3.05, 3.63) is 0 Å². The monoisotopic (exact) mass is 197 g/mol. The molecule has 14 heavy (non-hydrogen) atoms. The second-order valence-electron chi connectivity index (χ2n) is 3.82. The van der Waals surface area contributed by atoms with Crippen molar-refractivity contribution in [1.29, 1.82) is 0 Å². The Morgan fingerprint density at radius 3 is 2.43 bits per heavy atom. The smallest absolute Gasteiger partial charge is 0.321 e. The van der Waals surface area contributed by atoms with Gasteiger partial charge in [0, 0.05) is 19.4 Å². The van der Waals surface area contributed by atoms with Crippen LogP contribution in [0.2, 0.25) is 0 Å². The predicted octanol–water partition coefficient (Wildman–Crippen LogP) is -0.254. The van der Waals surface area contributed by atoms with Gasteiger partial charge in [-0.3, -0.25) is 14.4 Å². The Labute approximate surface area is 80.8 Å². The minimum Gasteiger partial charge on any atom is -0.393 e. The fraction of sp³-hybridized carbons (Fsp3) is 0.667. The maximum absolute atomic E-state index is 11.5. The number of cyclic esters (lactones) is 2. The molecule has 0 radical (unpaired) electrons. The highest BCUT2D eigenvalue weighted by molar-refractivity contribution is 5.93. The van der Waals surface area contributed by atoms with Crippen LogP contribution in [-0.2, 0) is 19.1 Å². The van der Waals surface area contributed by atoms with Crippen molar-refractivity contribution < 1.29 is 19.1 Å². The molecule has 0 unspecified atom stereocenters. The average molecular weight is 197 g/mol. The first-order chi connectivity index (χ1) is 6.62. The summed E-state index contributed by atoms with van der Waals surface area (Å²) in [4.78, 5) is 33.3. The number of carbonyl (C=O) groups excluding carboxylic acids is 3. The van der Waals surface area contributed by atoms with E-state index in [1.54, 1.807) is 0 Å². The van der Waals surface area contributed by atoms with E-state index >= 15 is 0 Å². The number of amides is 1. The first-order valence-electron chi connectivity index (χ1n) is 4.64. The fourth-order valence-corrected chi connectivity index (χ4v) is 1.89. The molecule has 76 valence electrons. The van der Waals surface area contributed by atoms with E-state index in [0.29, 0.717) is 25.8 Å². The highest BCUT2D eigenvalue weighted by atomic mass is 16.6. The molecule has 0 aromatic rings. The molecular weight excluding hydrogens is 186 g/mol. The van der Waals surface area contributed by atoms with Crippen LogP contribution in [0.3, 0.4) is 0 Å². The molecule has 0 aliphatic carbocycles. The zero-order valence-corrected chi connectivity index (χ0v) is 7.67. The standard InChI is InChI=1S/C9H11NO4/c11-6-1-3-9(5-10-6)4-2-7(12)14-8(9)13/h1-5H2,(H,10,11)/t9-/m1/s1. The maximum Gasteiger partial charge on any atom is 0.321 e. The molecule has 5 nitrogen and oxygen atoms in total. The van der Waals surface area contributed by atoms with Crippen molar-refractivity contribution in [2.75, 3.05) is 6.54 Å². The Bertz CT molecular complexity index is 292. The third-order valence-corrected chi connectivity index (χ3v) is 2.90. The molecule has 5 heteroatoms. The van der Waals surface area contributed by atoms with Crippen LogP contribution in [-0.4, -0.2) is 24.4 Å². The normalized spacial score (nSPS) is 32.7. The molecule has 2 saturated heterocycles. The van der Waals surface area contributed by atoms with Crippen molar-refractivity contribution in [2.24, 2.45) is 5.41 Å². The highest BCUT2D eigenvalue weighted by Gasteiger charge is 2.46. The van der Waals surface area contributed by atoms with E-state index in [2.05, 4.69) is 10.1 Å². The third kappa shape index (κ3) is 1.38. The van der Waals surface area contributed by atoms with Crippen LogP contribution < -0.4 is 5.32 Å². The van der Waals surface area contributed by atoms with Gasteiger partial charge in [-0.15, -0.1) is 0 Å². The van der Waals surface area contributed by atoms with Crippen LogP contribution in [0.5, 0.6) is 0 Å². The van der Waals surface area contributed by atoms with Crippen molar-refractivity contribution in [3.8, 4) is 0 Å². The van der Waals surface area contributed by atoms with Gasteiger partial charge in [0.2, 0.25) is 5.91 Å².